The monoisotopic (exact) mass is 853 g/mol. The van der Waals surface area contributed by atoms with E-state index in [0.717, 1.165) is 48.5 Å². The number of benzene rings is 4. The normalized spacial score (nSPS) is 12.4. The number of aromatic nitrogens is 3. The minimum absolute atomic E-state index is 0.0329. The highest BCUT2D eigenvalue weighted by Crippen LogP contribution is 2.39. The number of hydrogen-bond donors (Lipinski definition) is 8. The number of phenolic OH excluding ortho intramolecular Hbond substituents is 1. The molecule has 1 heterocycles. The summed E-state index contributed by atoms with van der Waals surface area (Å²) in [4.78, 5) is 21.5. The maximum Gasteiger partial charge on any atom is 0.337 e. The highest BCUT2D eigenvalue weighted by molar-refractivity contribution is 7.86. The van der Waals surface area contributed by atoms with Crippen LogP contribution in [-0.2, 0) is 30.4 Å². The van der Waals surface area contributed by atoms with Crippen LogP contribution in [0.25, 0.3) is 0 Å². The first-order chi connectivity index (χ1) is 25.7. The van der Waals surface area contributed by atoms with E-state index >= 15 is 0 Å². The Labute approximate surface area is 319 Å². The fraction of sp³-hybridized carbons (Fsp3) is 0. The minimum atomic E-state index is -5.00. The maximum absolute atomic E-state index is 12.2. The topological polar surface area (TPSA) is 332 Å². The largest absolute Gasteiger partial charge is 0.504 e. The Kier molecular flexibility index (Phi) is 11.6. The molecule has 0 atom stereocenters. The fourth-order valence-electron chi connectivity index (χ4n) is 4.29. The Morgan fingerprint density at radius 1 is 0.673 bits per heavy atom. The van der Waals surface area contributed by atoms with Crippen LogP contribution in [0, 0.1) is 0 Å². The number of nitrogens with one attached hydrogen (secondary N) is 3. The van der Waals surface area contributed by atoms with E-state index < -0.39 is 90.6 Å². The van der Waals surface area contributed by atoms with Gasteiger partial charge in [-0.25, -0.2) is 4.79 Å². The summed E-state index contributed by atoms with van der Waals surface area (Å²) in [5, 5.41) is 37.1. The summed E-state index contributed by atoms with van der Waals surface area (Å²) in [6.07, 6.45) is 0. The van der Waals surface area contributed by atoms with Gasteiger partial charge in [-0.2, -0.15) is 45.3 Å². The van der Waals surface area contributed by atoms with Crippen molar-refractivity contribution in [3.8, 4) is 5.75 Å². The van der Waals surface area contributed by atoms with E-state index in [-0.39, 0.29) is 28.1 Å². The molecule has 21 nitrogen and oxygen atoms in total. The number of hydrogen-bond acceptors (Lipinski definition) is 16. The van der Waals surface area contributed by atoms with Crippen molar-refractivity contribution in [1.82, 2.24) is 15.0 Å². The van der Waals surface area contributed by atoms with Gasteiger partial charge in [-0.05, 0) is 60.1 Å². The molecule has 4 aromatic carbocycles. The van der Waals surface area contributed by atoms with Crippen molar-refractivity contribution in [3.05, 3.63) is 100 Å². The second-order valence-corrected chi connectivity index (χ2v) is 15.5. The van der Waals surface area contributed by atoms with E-state index in [0.29, 0.717) is 0 Å². The predicted molar refractivity (Wildman–Crippen MR) is 195 cm³/mol. The number of carbonyl (C=O) groups is 1. The molecule has 55 heavy (non-hydrogen) atoms. The van der Waals surface area contributed by atoms with Crippen LogP contribution in [0.2, 0.25) is 10.3 Å². The van der Waals surface area contributed by atoms with Crippen LogP contribution in [-0.4, -0.2) is 75.9 Å². The Bertz CT molecular complexity index is 2740. The van der Waals surface area contributed by atoms with Crippen molar-refractivity contribution in [3.63, 3.8) is 0 Å². The lowest BCUT2D eigenvalue weighted by Crippen LogP contribution is -2.08. The van der Waals surface area contributed by atoms with Crippen molar-refractivity contribution in [2.24, 2.45) is 15.3 Å². The van der Waals surface area contributed by atoms with Gasteiger partial charge in [-0.15, -0.1) is 10.2 Å². The zero-order valence-electron chi connectivity index (χ0n) is 26.8. The van der Waals surface area contributed by atoms with Crippen molar-refractivity contribution in [1.29, 1.82) is 0 Å². The molecule has 0 saturated carbocycles. The number of azo groups is 1. The summed E-state index contributed by atoms with van der Waals surface area (Å²) in [6, 6.07) is 14.9. The molecule has 0 fully saturated rings. The van der Waals surface area contributed by atoms with Gasteiger partial charge in [-0.1, -0.05) is 41.9 Å². The molecule has 0 radical (unpaired) electrons. The molecular formula is C29H21Cl2N9O12S3. The van der Waals surface area contributed by atoms with Crippen molar-refractivity contribution in [2.45, 2.75) is 14.7 Å². The summed E-state index contributed by atoms with van der Waals surface area (Å²) in [7, 11) is -14.4. The molecular weight excluding hydrogens is 833 g/mol. The number of aromatic carboxylic acids is 1. The lowest BCUT2D eigenvalue weighted by Gasteiger charge is -2.12. The molecule has 0 aliphatic heterocycles. The number of amidine groups is 1. The second-order valence-electron chi connectivity index (χ2n) is 10.5. The summed E-state index contributed by atoms with van der Waals surface area (Å²) in [6.45, 7) is 0. The van der Waals surface area contributed by atoms with Crippen LogP contribution in [0.15, 0.2) is 109 Å². The molecule has 0 bridgehead atoms. The van der Waals surface area contributed by atoms with E-state index in [1.165, 1.54) is 12.1 Å². The third kappa shape index (κ3) is 10.2. The van der Waals surface area contributed by atoms with Crippen LogP contribution < -0.4 is 16.1 Å². The first kappa shape index (κ1) is 40.3. The van der Waals surface area contributed by atoms with Crippen LogP contribution in [0.1, 0.15) is 15.9 Å². The molecule has 0 aliphatic rings. The average molecular weight is 855 g/mol. The summed E-state index contributed by atoms with van der Waals surface area (Å²) < 4.78 is 99.7. The molecule has 26 heteroatoms. The van der Waals surface area contributed by atoms with E-state index in [9.17, 15) is 53.9 Å². The maximum atomic E-state index is 12.2. The van der Waals surface area contributed by atoms with Crippen molar-refractivity contribution < 1.29 is 53.9 Å². The second kappa shape index (κ2) is 15.9. The first-order valence-electron chi connectivity index (χ1n) is 14.4. The van der Waals surface area contributed by atoms with E-state index in [4.69, 9.17) is 23.2 Å². The lowest BCUT2D eigenvalue weighted by atomic mass is 10.2. The SMILES string of the molecule is O=C(O)c1ccc(S(=O)(=O)O)cc1N/N=C(/N=Nc1cc(S(=O)(=O)O)cc(Nc2nc(Cl)nc(Nc3cc(S(=O)(=O)O)ccc3Cl)n2)c1O)c1ccccc1. The average Bonchev–Trinajstić information content (AvgIpc) is 3.09. The fourth-order valence-corrected chi connectivity index (χ4v) is 6.15. The highest BCUT2D eigenvalue weighted by Gasteiger charge is 2.21. The van der Waals surface area contributed by atoms with Gasteiger partial charge in [0.25, 0.3) is 30.4 Å². The quantitative estimate of drug-likeness (QED) is 0.0195. The predicted octanol–water partition coefficient (Wildman–Crippen LogP) is 5.37. The molecule has 0 saturated heterocycles. The van der Waals surface area contributed by atoms with Gasteiger partial charge in [0, 0.05) is 5.56 Å². The number of hydrazone groups is 1. The first-order valence-corrected chi connectivity index (χ1v) is 19.5. The standard InChI is InChI=1S/C29H21Cl2N9O12S3/c30-19-9-7-16(54(47,48)49)11-21(19)32-28-34-27(31)35-29(36-28)33-22-12-17(55(50,51)52)13-23(24(22)41)38-40-25(14-4-2-1-3-5-14)39-37-20-10-15(53(44,45)46)6-8-18(20)26(42)43/h1-13,37,41H,(H,42,43)(H,44,45,46)(H,47,48,49)(H,50,51,52)(H2,32,33,34,35,36)/b39-25+,40-38?. The van der Waals surface area contributed by atoms with Crippen LogP contribution in [0.5, 0.6) is 5.75 Å². The molecule has 0 amide bonds. The van der Waals surface area contributed by atoms with Gasteiger partial charge in [-0.3, -0.25) is 19.1 Å². The van der Waals surface area contributed by atoms with Crippen molar-refractivity contribution in [2.75, 3.05) is 16.1 Å². The van der Waals surface area contributed by atoms with Gasteiger partial charge in [0.1, 0.15) is 5.69 Å². The smallest absolute Gasteiger partial charge is 0.337 e. The van der Waals surface area contributed by atoms with E-state index in [1.54, 1.807) is 18.2 Å². The molecule has 8 N–H and O–H groups in total. The third-order valence-electron chi connectivity index (χ3n) is 6.78. The van der Waals surface area contributed by atoms with E-state index in [2.05, 4.69) is 46.3 Å². The van der Waals surface area contributed by atoms with Gasteiger partial charge in [0.05, 0.1) is 42.3 Å². The summed E-state index contributed by atoms with van der Waals surface area (Å²) in [5.74, 6) is -3.44. The van der Waals surface area contributed by atoms with Gasteiger partial charge >= 0.3 is 5.97 Å². The zero-order chi connectivity index (χ0) is 40.3. The van der Waals surface area contributed by atoms with Gasteiger partial charge in [0.2, 0.25) is 23.0 Å². The highest BCUT2D eigenvalue weighted by atomic mass is 35.5. The number of nitrogens with zero attached hydrogens (tertiary/aromatic N) is 6. The molecule has 0 aliphatic carbocycles. The zero-order valence-corrected chi connectivity index (χ0v) is 30.7. The van der Waals surface area contributed by atoms with Crippen LogP contribution in [0.4, 0.5) is 34.6 Å². The summed E-state index contributed by atoms with van der Waals surface area (Å²) in [5.41, 5.74) is 0.522. The van der Waals surface area contributed by atoms with Gasteiger partial charge in [0.15, 0.2) is 5.75 Å². The number of rotatable bonds is 12. The van der Waals surface area contributed by atoms with Crippen LogP contribution in [0.3, 0.4) is 0 Å². The Balaban J connectivity index is 1.55. The number of halogens is 2. The molecule has 1 aromatic heterocycles. The van der Waals surface area contributed by atoms with Crippen LogP contribution >= 0.6 is 23.2 Å². The van der Waals surface area contributed by atoms with E-state index in [1.807, 2.05) is 0 Å². The number of anilines is 5. The molecule has 5 rings (SSSR count). The van der Waals surface area contributed by atoms with Crippen molar-refractivity contribution >= 4 is 100 Å². The Morgan fingerprint density at radius 2 is 1.22 bits per heavy atom. The Morgan fingerprint density at radius 3 is 1.80 bits per heavy atom. The molecule has 0 unspecified atom stereocenters. The number of carboxylic acid groups (broad SMARTS) is 1. The minimum Gasteiger partial charge on any atom is -0.504 e. The Hall–Kier alpha value is -5.86. The number of phenols is 1. The summed E-state index contributed by atoms with van der Waals surface area (Å²) >= 11 is 12.2. The number of aromatic hydroxyl groups is 1. The van der Waals surface area contributed by atoms with Gasteiger partial charge < -0.3 is 20.8 Å². The molecule has 286 valence electrons. The third-order valence-corrected chi connectivity index (χ3v) is 9.81. The molecule has 0 spiro atoms. The lowest BCUT2D eigenvalue weighted by molar-refractivity contribution is 0.0697. The number of carboxylic acids is 1. The molecule has 5 aromatic rings.